The lowest BCUT2D eigenvalue weighted by molar-refractivity contribution is -0.384. The molecule has 182 valence electrons. The van der Waals surface area contributed by atoms with Gasteiger partial charge in [-0.2, -0.15) is 5.10 Å². The Morgan fingerprint density at radius 1 is 1.23 bits per heavy atom. The predicted molar refractivity (Wildman–Crippen MR) is 141 cm³/mol. The smallest absolute Gasteiger partial charge is 0.269 e. The molecule has 0 heterocycles. The highest BCUT2D eigenvalue weighted by Crippen LogP contribution is 2.37. The third kappa shape index (κ3) is 7.98. The minimum Gasteiger partial charge on any atom is -0.493 e. The molecule has 11 heteroatoms. The van der Waals surface area contributed by atoms with Gasteiger partial charge in [0, 0.05) is 28.5 Å². The Balaban J connectivity index is 1.51. The number of thioether (sulfide) groups is 1. The average Bonchev–Trinajstić information content (AvgIpc) is 2.84. The van der Waals surface area contributed by atoms with Crippen LogP contribution in [0.15, 0.2) is 70.2 Å². The van der Waals surface area contributed by atoms with Crippen molar-refractivity contribution >= 4 is 57.1 Å². The standard InChI is InChI=1S/C24H21BrClN3O5S/c1-33-22-11-17(10-20(25)24(22)34-13-18-4-2-3-5-21(18)26)12-27-28-23(30)15-35-14-16-6-8-19(9-7-16)29(31)32/h2-12H,13-15H2,1H3,(H,28,30)/b27-12+. The highest BCUT2D eigenvalue weighted by atomic mass is 79.9. The predicted octanol–water partition coefficient (Wildman–Crippen LogP) is 5.98. The van der Waals surface area contributed by atoms with Crippen LogP contribution < -0.4 is 14.9 Å². The highest BCUT2D eigenvalue weighted by molar-refractivity contribution is 9.10. The third-order valence-corrected chi connectivity index (χ3v) is 6.60. The molecule has 0 aliphatic carbocycles. The monoisotopic (exact) mass is 577 g/mol. The third-order valence-electron chi connectivity index (χ3n) is 4.63. The first-order valence-electron chi connectivity index (χ1n) is 10.2. The van der Waals surface area contributed by atoms with Gasteiger partial charge >= 0.3 is 0 Å². The van der Waals surface area contributed by atoms with Gasteiger partial charge in [-0.05, 0) is 45.3 Å². The van der Waals surface area contributed by atoms with Gasteiger partial charge in [0.1, 0.15) is 6.61 Å². The number of carbonyl (C=O) groups excluding carboxylic acids is 1. The number of amides is 1. The molecular weight excluding hydrogens is 558 g/mol. The number of hydrogen-bond donors (Lipinski definition) is 1. The molecule has 0 spiro atoms. The number of non-ortho nitro benzene ring substituents is 1. The summed E-state index contributed by atoms with van der Waals surface area (Å²) in [6.45, 7) is 0.273. The fraction of sp³-hybridized carbons (Fsp3) is 0.167. The second kappa shape index (κ2) is 13.1. The first-order valence-corrected chi connectivity index (χ1v) is 12.6. The van der Waals surface area contributed by atoms with Crippen molar-refractivity contribution in [2.75, 3.05) is 12.9 Å². The van der Waals surface area contributed by atoms with E-state index in [1.807, 2.05) is 18.2 Å². The first kappa shape index (κ1) is 26.5. The zero-order chi connectivity index (χ0) is 25.2. The van der Waals surface area contributed by atoms with E-state index in [0.29, 0.717) is 32.3 Å². The van der Waals surface area contributed by atoms with Gasteiger partial charge in [-0.1, -0.05) is 41.9 Å². The van der Waals surface area contributed by atoms with Crippen molar-refractivity contribution < 1.29 is 19.2 Å². The minimum atomic E-state index is -0.447. The quantitative estimate of drug-likeness (QED) is 0.171. The summed E-state index contributed by atoms with van der Waals surface area (Å²) in [6.07, 6.45) is 1.50. The van der Waals surface area contributed by atoms with Crippen LogP contribution in [-0.4, -0.2) is 29.9 Å². The number of benzene rings is 3. The van der Waals surface area contributed by atoms with Crippen LogP contribution in [0.3, 0.4) is 0 Å². The molecule has 3 rings (SSSR count). The van der Waals surface area contributed by atoms with Crippen LogP contribution >= 0.6 is 39.3 Å². The van der Waals surface area contributed by atoms with Crippen LogP contribution in [0.25, 0.3) is 0 Å². The van der Waals surface area contributed by atoms with Gasteiger partial charge in [0.25, 0.3) is 5.69 Å². The molecule has 35 heavy (non-hydrogen) atoms. The van der Waals surface area contributed by atoms with Gasteiger partial charge < -0.3 is 9.47 Å². The molecule has 0 radical (unpaired) electrons. The molecule has 0 aliphatic heterocycles. The Bertz CT molecular complexity index is 1220. The molecule has 1 amide bonds. The van der Waals surface area contributed by atoms with Crippen LogP contribution in [0.5, 0.6) is 11.5 Å². The fourth-order valence-corrected chi connectivity index (χ4v) is 4.45. The molecule has 0 aliphatic rings. The number of nitro benzene ring substituents is 1. The lowest BCUT2D eigenvalue weighted by Gasteiger charge is -2.14. The van der Waals surface area contributed by atoms with Gasteiger partial charge in [-0.15, -0.1) is 11.8 Å². The summed E-state index contributed by atoms with van der Waals surface area (Å²) in [7, 11) is 1.54. The van der Waals surface area contributed by atoms with E-state index < -0.39 is 4.92 Å². The minimum absolute atomic E-state index is 0.0364. The Morgan fingerprint density at radius 2 is 1.97 bits per heavy atom. The lowest BCUT2D eigenvalue weighted by Crippen LogP contribution is -2.19. The van der Waals surface area contributed by atoms with Gasteiger partial charge in [0.2, 0.25) is 5.91 Å². The lowest BCUT2D eigenvalue weighted by atomic mass is 10.2. The normalized spacial score (nSPS) is 10.8. The number of halogens is 2. The molecule has 0 fully saturated rings. The highest BCUT2D eigenvalue weighted by Gasteiger charge is 2.12. The Morgan fingerprint density at radius 3 is 2.66 bits per heavy atom. The number of hydrogen-bond acceptors (Lipinski definition) is 7. The summed E-state index contributed by atoms with van der Waals surface area (Å²) in [5, 5.41) is 15.3. The van der Waals surface area contributed by atoms with E-state index in [-0.39, 0.29) is 24.0 Å². The SMILES string of the molecule is COc1cc(/C=N/NC(=O)CSCc2ccc([N+](=O)[O-])cc2)cc(Br)c1OCc1ccccc1Cl. The van der Waals surface area contributed by atoms with Crippen molar-refractivity contribution in [2.24, 2.45) is 5.10 Å². The molecular formula is C24H21BrClN3O5S. The van der Waals surface area contributed by atoms with Gasteiger partial charge in [0.15, 0.2) is 11.5 Å². The van der Waals surface area contributed by atoms with Crippen LogP contribution in [-0.2, 0) is 17.2 Å². The Labute approximate surface area is 219 Å². The van der Waals surface area contributed by atoms with Crippen LogP contribution in [0.2, 0.25) is 5.02 Å². The van der Waals surface area contributed by atoms with E-state index in [1.54, 1.807) is 30.3 Å². The number of rotatable bonds is 11. The second-order valence-corrected chi connectivity index (χ2v) is 9.37. The van der Waals surface area contributed by atoms with Gasteiger partial charge in [0.05, 0.1) is 28.5 Å². The molecule has 0 saturated heterocycles. The second-order valence-electron chi connectivity index (χ2n) is 7.12. The van der Waals surface area contributed by atoms with E-state index in [1.165, 1.54) is 37.2 Å². The van der Waals surface area contributed by atoms with Crippen LogP contribution in [0, 0.1) is 10.1 Å². The molecule has 0 unspecified atom stereocenters. The first-order chi connectivity index (χ1) is 16.9. The molecule has 0 aromatic heterocycles. The average molecular weight is 579 g/mol. The van der Waals surface area contributed by atoms with Crippen molar-refractivity contribution in [2.45, 2.75) is 12.4 Å². The van der Waals surface area contributed by atoms with Crippen LogP contribution in [0.4, 0.5) is 5.69 Å². The van der Waals surface area contributed by atoms with E-state index in [4.69, 9.17) is 21.1 Å². The maximum absolute atomic E-state index is 12.1. The zero-order valence-electron chi connectivity index (χ0n) is 18.6. The number of nitro groups is 1. The number of methoxy groups -OCH3 is 1. The summed E-state index contributed by atoms with van der Waals surface area (Å²) in [5.41, 5.74) is 4.96. The van der Waals surface area contributed by atoms with Gasteiger partial charge in [-0.25, -0.2) is 5.43 Å². The number of carbonyl (C=O) groups is 1. The maximum Gasteiger partial charge on any atom is 0.269 e. The maximum atomic E-state index is 12.1. The van der Waals surface area contributed by atoms with Crippen molar-refractivity contribution in [1.82, 2.24) is 5.43 Å². The zero-order valence-corrected chi connectivity index (χ0v) is 21.7. The molecule has 8 nitrogen and oxygen atoms in total. The molecule has 0 bridgehead atoms. The van der Waals surface area contributed by atoms with E-state index in [9.17, 15) is 14.9 Å². The van der Waals surface area contributed by atoms with Gasteiger partial charge in [-0.3, -0.25) is 14.9 Å². The van der Waals surface area contributed by atoms with Crippen molar-refractivity contribution in [3.05, 3.63) is 97.0 Å². The largest absolute Gasteiger partial charge is 0.493 e. The molecule has 1 N–H and O–H groups in total. The van der Waals surface area contributed by atoms with E-state index in [0.717, 1.165) is 11.1 Å². The van der Waals surface area contributed by atoms with E-state index in [2.05, 4.69) is 26.5 Å². The number of nitrogens with zero attached hydrogens (tertiary/aromatic N) is 2. The van der Waals surface area contributed by atoms with Crippen molar-refractivity contribution in [3.8, 4) is 11.5 Å². The van der Waals surface area contributed by atoms with Crippen LogP contribution in [0.1, 0.15) is 16.7 Å². The number of hydrazone groups is 1. The Hall–Kier alpha value is -3.08. The summed E-state index contributed by atoms with van der Waals surface area (Å²) < 4.78 is 12.0. The summed E-state index contributed by atoms with van der Waals surface area (Å²) >= 11 is 11.1. The number of ether oxygens (including phenoxy) is 2. The van der Waals surface area contributed by atoms with Crippen molar-refractivity contribution in [1.29, 1.82) is 0 Å². The molecule has 3 aromatic carbocycles. The summed E-state index contributed by atoms with van der Waals surface area (Å²) in [6, 6.07) is 17.2. The fourth-order valence-electron chi connectivity index (χ4n) is 2.91. The summed E-state index contributed by atoms with van der Waals surface area (Å²) in [4.78, 5) is 22.3. The topological polar surface area (TPSA) is 103 Å². The molecule has 0 atom stereocenters. The van der Waals surface area contributed by atoms with Crippen molar-refractivity contribution in [3.63, 3.8) is 0 Å². The molecule has 0 saturated carbocycles. The van der Waals surface area contributed by atoms with E-state index >= 15 is 0 Å². The summed E-state index contributed by atoms with van der Waals surface area (Å²) in [5.74, 6) is 1.50. The Kier molecular flexibility index (Phi) is 9.95. The molecule has 3 aromatic rings. The number of nitrogens with one attached hydrogen (secondary N) is 1.